The van der Waals surface area contributed by atoms with Gasteiger partial charge in [-0.15, -0.1) is 11.8 Å². The second kappa shape index (κ2) is 4.74. The lowest BCUT2D eigenvalue weighted by atomic mass is 10.3. The number of hydrogen-bond donors (Lipinski definition) is 2. The zero-order valence-corrected chi connectivity index (χ0v) is 9.80. The predicted molar refractivity (Wildman–Crippen MR) is 65.3 cm³/mol. The third-order valence-electron chi connectivity index (χ3n) is 2.72. The molecule has 0 spiro atoms. The molecule has 1 aromatic heterocycles. The number of amides is 1. The van der Waals surface area contributed by atoms with Gasteiger partial charge in [-0.25, -0.2) is 4.98 Å². The number of anilines is 1. The third kappa shape index (κ3) is 2.47. The first-order chi connectivity index (χ1) is 7.66. The maximum Gasteiger partial charge on any atom is 0.267 e. The Labute approximate surface area is 98.8 Å². The highest BCUT2D eigenvalue weighted by Crippen LogP contribution is 2.36. The Morgan fingerprint density at radius 1 is 1.38 bits per heavy atom. The minimum atomic E-state index is -0.506. The second-order valence-electron chi connectivity index (χ2n) is 3.98. The summed E-state index contributed by atoms with van der Waals surface area (Å²) in [6, 6.07) is 3.26. The minimum Gasteiger partial charge on any atom is -0.397 e. The first kappa shape index (κ1) is 11.3. The van der Waals surface area contributed by atoms with Crippen molar-refractivity contribution < 1.29 is 4.79 Å². The van der Waals surface area contributed by atoms with Gasteiger partial charge in [0.2, 0.25) is 0 Å². The second-order valence-corrected chi connectivity index (χ2v) is 5.27. The van der Waals surface area contributed by atoms with Gasteiger partial charge in [-0.05, 0) is 25.0 Å². The highest BCUT2D eigenvalue weighted by Gasteiger charge is 2.18. The number of hydrogen-bond acceptors (Lipinski definition) is 4. The Balaban J connectivity index is 2.17. The van der Waals surface area contributed by atoms with Crippen molar-refractivity contribution in [2.45, 2.75) is 36.0 Å². The van der Waals surface area contributed by atoms with Crippen LogP contribution in [0.25, 0.3) is 0 Å². The Morgan fingerprint density at radius 2 is 2.06 bits per heavy atom. The van der Waals surface area contributed by atoms with Crippen LogP contribution in [0.15, 0.2) is 17.2 Å². The van der Waals surface area contributed by atoms with Crippen molar-refractivity contribution in [1.82, 2.24) is 4.98 Å². The Morgan fingerprint density at radius 3 is 2.69 bits per heavy atom. The smallest absolute Gasteiger partial charge is 0.267 e. The van der Waals surface area contributed by atoms with Gasteiger partial charge in [0, 0.05) is 5.25 Å². The van der Waals surface area contributed by atoms with Gasteiger partial charge in [-0.1, -0.05) is 12.8 Å². The fourth-order valence-electron chi connectivity index (χ4n) is 1.85. The summed E-state index contributed by atoms with van der Waals surface area (Å²) in [7, 11) is 0. The Kier molecular flexibility index (Phi) is 3.33. The van der Waals surface area contributed by atoms with Gasteiger partial charge in [0.05, 0.1) is 5.69 Å². The Bertz CT molecular complexity index is 402. The largest absolute Gasteiger partial charge is 0.397 e. The molecule has 86 valence electrons. The summed E-state index contributed by atoms with van der Waals surface area (Å²) in [6.07, 6.45) is 4.94. The molecule has 0 unspecified atom stereocenters. The van der Waals surface area contributed by atoms with E-state index in [1.54, 1.807) is 23.9 Å². The van der Waals surface area contributed by atoms with Crippen molar-refractivity contribution in [3.63, 3.8) is 0 Å². The lowest BCUT2D eigenvalue weighted by molar-refractivity contribution is 0.0995. The van der Waals surface area contributed by atoms with Crippen LogP contribution in [0.4, 0.5) is 5.69 Å². The van der Waals surface area contributed by atoms with Crippen LogP contribution in [-0.4, -0.2) is 16.1 Å². The van der Waals surface area contributed by atoms with Crippen LogP contribution in [0.1, 0.15) is 36.2 Å². The van der Waals surface area contributed by atoms with Crippen LogP contribution < -0.4 is 11.5 Å². The summed E-state index contributed by atoms with van der Waals surface area (Å²) < 4.78 is 0. The van der Waals surface area contributed by atoms with Crippen molar-refractivity contribution in [2.24, 2.45) is 5.73 Å². The molecule has 4 nitrogen and oxygen atoms in total. The van der Waals surface area contributed by atoms with E-state index in [0.717, 1.165) is 5.03 Å². The molecule has 1 aromatic rings. The molecule has 1 aliphatic rings. The molecule has 0 aliphatic heterocycles. The molecule has 2 rings (SSSR count). The van der Waals surface area contributed by atoms with Crippen LogP contribution in [0.2, 0.25) is 0 Å². The van der Waals surface area contributed by atoms with E-state index < -0.39 is 5.91 Å². The summed E-state index contributed by atoms with van der Waals surface area (Å²) in [5.74, 6) is -0.506. The van der Waals surface area contributed by atoms with Crippen molar-refractivity contribution >= 4 is 23.4 Å². The summed E-state index contributed by atoms with van der Waals surface area (Å²) in [5, 5.41) is 1.32. The van der Waals surface area contributed by atoms with Crippen molar-refractivity contribution in [3.8, 4) is 0 Å². The summed E-state index contributed by atoms with van der Waals surface area (Å²) in [5.41, 5.74) is 11.9. The fourth-order valence-corrected chi connectivity index (χ4v) is 3.09. The van der Waals surface area contributed by atoms with E-state index in [-0.39, 0.29) is 5.69 Å². The number of rotatable bonds is 3. The number of carbonyl (C=O) groups excluding carboxylic acids is 1. The summed E-state index contributed by atoms with van der Waals surface area (Å²) >= 11 is 1.67. The van der Waals surface area contributed by atoms with Gasteiger partial charge in [-0.3, -0.25) is 4.79 Å². The number of nitrogen functional groups attached to an aromatic ring is 1. The van der Waals surface area contributed by atoms with E-state index in [4.69, 9.17) is 11.5 Å². The topological polar surface area (TPSA) is 82.0 Å². The first-order valence-electron chi connectivity index (χ1n) is 5.40. The molecule has 0 bridgehead atoms. The van der Waals surface area contributed by atoms with Gasteiger partial charge in [0.1, 0.15) is 10.7 Å². The molecule has 0 saturated heterocycles. The number of carbonyl (C=O) groups is 1. The van der Waals surface area contributed by atoms with Crippen LogP contribution in [0, 0.1) is 0 Å². The Hall–Kier alpha value is -1.23. The molecule has 1 fully saturated rings. The molecule has 5 heteroatoms. The van der Waals surface area contributed by atoms with Crippen LogP contribution in [-0.2, 0) is 0 Å². The van der Waals surface area contributed by atoms with Gasteiger partial charge in [-0.2, -0.15) is 0 Å². The molecule has 1 amide bonds. The number of pyridine rings is 1. The molecule has 4 N–H and O–H groups in total. The van der Waals surface area contributed by atoms with Crippen LogP contribution in [0.3, 0.4) is 0 Å². The summed E-state index contributed by atoms with van der Waals surface area (Å²) in [6.45, 7) is 0. The van der Waals surface area contributed by atoms with Gasteiger partial charge in [0.15, 0.2) is 0 Å². The van der Waals surface area contributed by atoms with E-state index in [2.05, 4.69) is 4.98 Å². The maximum atomic E-state index is 11.0. The average molecular weight is 237 g/mol. The fraction of sp³-hybridized carbons (Fsp3) is 0.455. The van der Waals surface area contributed by atoms with E-state index in [1.165, 1.54) is 25.7 Å². The van der Waals surface area contributed by atoms with Crippen molar-refractivity contribution in [2.75, 3.05) is 5.73 Å². The zero-order valence-electron chi connectivity index (χ0n) is 8.98. The van der Waals surface area contributed by atoms with Gasteiger partial charge in [0.25, 0.3) is 5.91 Å². The van der Waals surface area contributed by atoms with Crippen LogP contribution >= 0.6 is 11.8 Å². The van der Waals surface area contributed by atoms with Crippen molar-refractivity contribution in [3.05, 3.63) is 17.8 Å². The van der Waals surface area contributed by atoms with Crippen molar-refractivity contribution in [1.29, 1.82) is 0 Å². The molecule has 0 atom stereocenters. The van der Waals surface area contributed by atoms with Gasteiger partial charge >= 0.3 is 0 Å². The molecular weight excluding hydrogens is 222 g/mol. The predicted octanol–water partition coefficient (Wildman–Crippen LogP) is 1.80. The van der Waals surface area contributed by atoms with E-state index >= 15 is 0 Å². The number of primary amides is 1. The minimum absolute atomic E-state index is 0.287. The molecule has 1 heterocycles. The highest BCUT2D eigenvalue weighted by atomic mass is 32.2. The number of nitrogens with zero attached hydrogens (tertiary/aromatic N) is 1. The molecule has 1 aliphatic carbocycles. The molecule has 0 radical (unpaired) electrons. The zero-order chi connectivity index (χ0) is 11.5. The molecule has 1 saturated carbocycles. The maximum absolute atomic E-state index is 11.0. The SMILES string of the molecule is NC(=O)c1ccc(N)c(SC2CCCC2)n1. The number of nitrogens with two attached hydrogens (primary N) is 2. The summed E-state index contributed by atoms with van der Waals surface area (Å²) in [4.78, 5) is 15.2. The highest BCUT2D eigenvalue weighted by molar-refractivity contribution is 8.00. The monoisotopic (exact) mass is 237 g/mol. The average Bonchev–Trinajstić information content (AvgIpc) is 2.73. The quantitative estimate of drug-likeness (QED) is 0.839. The molecular formula is C11H15N3OS. The lowest BCUT2D eigenvalue weighted by Crippen LogP contribution is -2.14. The van der Waals surface area contributed by atoms with Crippen LogP contribution in [0.5, 0.6) is 0 Å². The number of aromatic nitrogens is 1. The lowest BCUT2D eigenvalue weighted by Gasteiger charge is -2.10. The van der Waals surface area contributed by atoms with Gasteiger partial charge < -0.3 is 11.5 Å². The first-order valence-corrected chi connectivity index (χ1v) is 6.28. The van der Waals surface area contributed by atoms with E-state index in [1.807, 2.05) is 0 Å². The third-order valence-corrected chi connectivity index (χ3v) is 4.08. The number of thioether (sulfide) groups is 1. The molecule has 16 heavy (non-hydrogen) atoms. The normalized spacial score (nSPS) is 16.5. The van der Waals surface area contributed by atoms with E-state index in [0.29, 0.717) is 10.9 Å². The standard InChI is InChI=1S/C11H15N3OS/c12-8-5-6-9(10(13)15)14-11(8)16-7-3-1-2-4-7/h5-7H,1-4,12H2,(H2,13,15). The van der Waals surface area contributed by atoms with E-state index in [9.17, 15) is 4.79 Å². The molecule has 0 aromatic carbocycles.